The highest BCUT2D eigenvalue weighted by atomic mass is 35.5. The summed E-state index contributed by atoms with van der Waals surface area (Å²) in [5.41, 5.74) is 0.658. The van der Waals surface area contributed by atoms with Gasteiger partial charge in [-0.25, -0.2) is 9.18 Å². The largest absolute Gasteiger partial charge is 0.452 e. The zero-order valence-electron chi connectivity index (χ0n) is 12.6. The van der Waals surface area contributed by atoms with Crippen molar-refractivity contribution in [2.24, 2.45) is 0 Å². The Morgan fingerprint density at radius 2 is 1.80 bits per heavy atom. The third kappa shape index (κ3) is 6.05. The maximum absolute atomic E-state index is 13.0. The van der Waals surface area contributed by atoms with E-state index >= 15 is 0 Å². The first-order chi connectivity index (χ1) is 11.8. The molecule has 0 aromatic heterocycles. The SMILES string of the molecule is O=C(COC(=O)/C=C/c1cccc(F)c1)Nc1c(Cl)cc(Cl)cc1Cl. The molecule has 0 aliphatic heterocycles. The van der Waals surface area contributed by atoms with Crippen molar-refractivity contribution in [2.45, 2.75) is 0 Å². The fourth-order valence-electron chi connectivity index (χ4n) is 1.80. The Bertz CT molecular complexity index is 817. The van der Waals surface area contributed by atoms with Crippen LogP contribution in [0.3, 0.4) is 0 Å². The number of hydrogen-bond acceptors (Lipinski definition) is 3. The molecule has 0 heterocycles. The second kappa shape index (κ2) is 8.85. The zero-order chi connectivity index (χ0) is 18.4. The van der Waals surface area contributed by atoms with Crippen LogP contribution >= 0.6 is 34.8 Å². The van der Waals surface area contributed by atoms with Gasteiger partial charge in [0.2, 0.25) is 0 Å². The summed E-state index contributed by atoms with van der Waals surface area (Å²) in [6, 6.07) is 8.49. The molecular weight excluding hydrogens is 392 g/mol. The van der Waals surface area contributed by atoms with Gasteiger partial charge in [-0.1, -0.05) is 46.9 Å². The molecule has 0 radical (unpaired) electrons. The number of rotatable bonds is 5. The lowest BCUT2D eigenvalue weighted by Gasteiger charge is -2.09. The van der Waals surface area contributed by atoms with E-state index in [0.29, 0.717) is 10.6 Å². The highest BCUT2D eigenvalue weighted by Crippen LogP contribution is 2.33. The van der Waals surface area contributed by atoms with Crippen molar-refractivity contribution in [3.8, 4) is 0 Å². The molecule has 2 rings (SSSR count). The zero-order valence-corrected chi connectivity index (χ0v) is 14.8. The van der Waals surface area contributed by atoms with Gasteiger partial charge in [0.15, 0.2) is 6.61 Å². The molecule has 0 aliphatic rings. The van der Waals surface area contributed by atoms with E-state index in [1.807, 2.05) is 0 Å². The third-order valence-electron chi connectivity index (χ3n) is 2.88. The van der Waals surface area contributed by atoms with Gasteiger partial charge in [0.25, 0.3) is 5.91 Å². The molecule has 0 saturated heterocycles. The van der Waals surface area contributed by atoms with Gasteiger partial charge in [0, 0.05) is 11.1 Å². The fraction of sp³-hybridized carbons (Fsp3) is 0.0588. The minimum atomic E-state index is -0.757. The maximum Gasteiger partial charge on any atom is 0.331 e. The molecular formula is C17H11Cl3FNO3. The Kier molecular flexibility index (Phi) is 6.82. The summed E-state index contributed by atoms with van der Waals surface area (Å²) in [6.07, 6.45) is 2.46. The topological polar surface area (TPSA) is 55.4 Å². The van der Waals surface area contributed by atoms with Crippen LogP contribution < -0.4 is 5.32 Å². The minimum absolute atomic E-state index is 0.156. The first-order valence-electron chi connectivity index (χ1n) is 6.90. The van der Waals surface area contributed by atoms with Crippen molar-refractivity contribution in [3.63, 3.8) is 0 Å². The Hall–Kier alpha value is -2.08. The normalized spacial score (nSPS) is 10.7. The summed E-state index contributed by atoms with van der Waals surface area (Å²) >= 11 is 17.7. The van der Waals surface area contributed by atoms with E-state index in [2.05, 4.69) is 5.32 Å². The molecule has 0 fully saturated rings. The van der Waals surface area contributed by atoms with Gasteiger partial charge in [-0.05, 0) is 35.9 Å². The number of anilines is 1. The van der Waals surface area contributed by atoms with Crippen LogP contribution in [0.1, 0.15) is 5.56 Å². The number of carbonyl (C=O) groups excluding carboxylic acids is 2. The van der Waals surface area contributed by atoms with Crippen molar-refractivity contribution in [3.05, 3.63) is 68.9 Å². The van der Waals surface area contributed by atoms with Crippen LogP contribution in [0.2, 0.25) is 15.1 Å². The highest BCUT2D eigenvalue weighted by molar-refractivity contribution is 6.42. The molecule has 8 heteroatoms. The average molecular weight is 403 g/mol. The van der Waals surface area contributed by atoms with Crippen LogP contribution in [0.15, 0.2) is 42.5 Å². The molecule has 0 bridgehead atoms. The lowest BCUT2D eigenvalue weighted by atomic mass is 10.2. The van der Waals surface area contributed by atoms with E-state index in [9.17, 15) is 14.0 Å². The Balaban J connectivity index is 1.88. The van der Waals surface area contributed by atoms with E-state index in [1.165, 1.54) is 36.4 Å². The van der Waals surface area contributed by atoms with Gasteiger partial charge in [-0.15, -0.1) is 0 Å². The van der Waals surface area contributed by atoms with Gasteiger partial charge < -0.3 is 10.1 Å². The molecule has 0 saturated carbocycles. The molecule has 130 valence electrons. The number of hydrogen-bond donors (Lipinski definition) is 1. The van der Waals surface area contributed by atoms with Crippen molar-refractivity contribution in [1.29, 1.82) is 0 Å². The second-order valence-electron chi connectivity index (χ2n) is 4.79. The van der Waals surface area contributed by atoms with Crippen LogP contribution in [0.25, 0.3) is 6.08 Å². The molecule has 0 spiro atoms. The monoisotopic (exact) mass is 401 g/mol. The minimum Gasteiger partial charge on any atom is -0.452 e. The summed E-state index contributed by atoms with van der Waals surface area (Å²) in [7, 11) is 0. The first kappa shape index (κ1) is 19.2. The van der Waals surface area contributed by atoms with Crippen LogP contribution in [0, 0.1) is 5.82 Å². The molecule has 1 amide bonds. The lowest BCUT2D eigenvalue weighted by Crippen LogP contribution is -2.20. The number of nitrogens with one attached hydrogen (secondary N) is 1. The fourth-order valence-corrected chi connectivity index (χ4v) is 2.71. The summed E-state index contributed by atoms with van der Waals surface area (Å²) < 4.78 is 17.8. The van der Waals surface area contributed by atoms with Gasteiger partial charge in [-0.3, -0.25) is 4.79 Å². The smallest absolute Gasteiger partial charge is 0.331 e. The van der Waals surface area contributed by atoms with E-state index in [0.717, 1.165) is 6.08 Å². The molecule has 4 nitrogen and oxygen atoms in total. The quantitative estimate of drug-likeness (QED) is 0.567. The molecule has 2 aromatic carbocycles. The summed E-state index contributed by atoms with van der Waals surface area (Å²) in [4.78, 5) is 23.4. The summed E-state index contributed by atoms with van der Waals surface area (Å²) in [5, 5.41) is 3.06. The number of halogens is 4. The molecule has 1 N–H and O–H groups in total. The maximum atomic E-state index is 13.0. The molecule has 2 aromatic rings. The van der Waals surface area contributed by atoms with Gasteiger partial charge >= 0.3 is 5.97 Å². The Morgan fingerprint density at radius 3 is 2.44 bits per heavy atom. The van der Waals surface area contributed by atoms with Crippen molar-refractivity contribution >= 4 is 58.4 Å². The Morgan fingerprint density at radius 1 is 1.12 bits per heavy atom. The van der Waals surface area contributed by atoms with E-state index in [1.54, 1.807) is 6.07 Å². The van der Waals surface area contributed by atoms with Crippen molar-refractivity contribution in [1.82, 2.24) is 0 Å². The van der Waals surface area contributed by atoms with Crippen LogP contribution in [-0.4, -0.2) is 18.5 Å². The van der Waals surface area contributed by atoms with Crippen LogP contribution in [-0.2, 0) is 14.3 Å². The number of amides is 1. The second-order valence-corrected chi connectivity index (χ2v) is 6.04. The van der Waals surface area contributed by atoms with Crippen molar-refractivity contribution in [2.75, 3.05) is 11.9 Å². The molecule has 0 aliphatic carbocycles. The number of ether oxygens (including phenoxy) is 1. The van der Waals surface area contributed by atoms with E-state index in [4.69, 9.17) is 39.5 Å². The summed E-state index contributed by atoms with van der Waals surface area (Å²) in [6.45, 7) is -0.540. The molecule has 25 heavy (non-hydrogen) atoms. The number of benzene rings is 2. The number of carbonyl (C=O) groups is 2. The number of esters is 1. The lowest BCUT2D eigenvalue weighted by molar-refractivity contribution is -0.142. The van der Waals surface area contributed by atoms with E-state index in [-0.39, 0.29) is 15.7 Å². The van der Waals surface area contributed by atoms with E-state index < -0.39 is 24.3 Å². The average Bonchev–Trinajstić information content (AvgIpc) is 2.54. The molecule has 0 atom stereocenters. The standard InChI is InChI=1S/C17H11Cl3FNO3/c18-11-7-13(19)17(14(20)8-11)22-15(23)9-25-16(24)5-4-10-2-1-3-12(21)6-10/h1-8H,9H2,(H,22,23)/b5-4+. The van der Waals surface area contributed by atoms with Gasteiger partial charge in [-0.2, -0.15) is 0 Å². The molecule has 0 unspecified atom stereocenters. The first-order valence-corrected chi connectivity index (χ1v) is 8.03. The predicted octanol–water partition coefficient (Wildman–Crippen LogP) is 4.98. The van der Waals surface area contributed by atoms with Crippen LogP contribution in [0.4, 0.5) is 10.1 Å². The van der Waals surface area contributed by atoms with Crippen molar-refractivity contribution < 1.29 is 18.7 Å². The Labute approximate surface area is 158 Å². The highest BCUT2D eigenvalue weighted by Gasteiger charge is 2.12. The van der Waals surface area contributed by atoms with Crippen LogP contribution in [0.5, 0.6) is 0 Å². The summed E-state index contributed by atoms with van der Waals surface area (Å²) in [5.74, 6) is -1.81. The van der Waals surface area contributed by atoms with Gasteiger partial charge in [0.05, 0.1) is 15.7 Å². The third-order valence-corrected chi connectivity index (χ3v) is 3.69. The van der Waals surface area contributed by atoms with Gasteiger partial charge in [0.1, 0.15) is 5.82 Å². The predicted molar refractivity (Wildman–Crippen MR) is 96.5 cm³/mol.